The van der Waals surface area contributed by atoms with Crippen molar-refractivity contribution >= 4 is 31.9 Å². The molecule has 0 fully saturated rings. The summed E-state index contributed by atoms with van der Waals surface area (Å²) in [6.07, 6.45) is -0.757. The molecule has 152 valence electrons. The molecule has 0 radical (unpaired) electrons. The summed E-state index contributed by atoms with van der Waals surface area (Å²) in [6, 6.07) is 9.63. The normalized spacial score (nSPS) is 11.3. The smallest absolute Gasteiger partial charge is 0.407 e. The molecule has 29 heavy (non-hydrogen) atoms. The molecular weight excluding hydrogens is 472 g/mol. The van der Waals surface area contributed by atoms with E-state index in [0.717, 1.165) is 28.9 Å². The van der Waals surface area contributed by atoms with E-state index in [0.29, 0.717) is 4.47 Å². The fourth-order valence-corrected chi connectivity index (χ4v) is 4.45. The van der Waals surface area contributed by atoms with Gasteiger partial charge in [0.05, 0.1) is 4.90 Å². The van der Waals surface area contributed by atoms with Crippen molar-refractivity contribution < 1.29 is 26.7 Å². The van der Waals surface area contributed by atoms with Crippen LogP contribution in [0.4, 0.5) is 13.6 Å². The van der Waals surface area contributed by atoms with Crippen LogP contribution in [0.3, 0.4) is 0 Å². The number of ether oxygens (including phenoxy) is 1. The molecule has 1 aromatic heterocycles. The zero-order valence-corrected chi connectivity index (χ0v) is 17.3. The summed E-state index contributed by atoms with van der Waals surface area (Å²) in [6.45, 7) is -0.370. The minimum absolute atomic E-state index is 0.0332. The Labute approximate surface area is 173 Å². The van der Waals surface area contributed by atoms with Gasteiger partial charge >= 0.3 is 6.09 Å². The largest absolute Gasteiger partial charge is 0.443 e. The lowest BCUT2D eigenvalue weighted by atomic mass is 10.3. The minimum atomic E-state index is -4.17. The molecule has 3 aromatic rings. The number of hydrogen-bond acceptors (Lipinski definition) is 5. The topological polar surface area (TPSA) is 90.3 Å². The Morgan fingerprint density at radius 2 is 1.97 bits per heavy atom. The SMILES string of the molecule is CNC(=O)OCc1cc(S(=O)(=O)c2cccc(Br)c2)n(-c2cc(F)ccc2F)n1. The summed E-state index contributed by atoms with van der Waals surface area (Å²) in [5.41, 5.74) is -0.365. The molecule has 0 aliphatic carbocycles. The Kier molecular flexibility index (Phi) is 5.99. The molecule has 11 heteroatoms. The van der Waals surface area contributed by atoms with Gasteiger partial charge in [-0.2, -0.15) is 5.10 Å². The van der Waals surface area contributed by atoms with Crippen molar-refractivity contribution in [3.05, 3.63) is 70.3 Å². The van der Waals surface area contributed by atoms with Crippen molar-refractivity contribution in [2.24, 2.45) is 0 Å². The number of carbonyl (C=O) groups excluding carboxylic acids is 1. The van der Waals surface area contributed by atoms with E-state index >= 15 is 0 Å². The molecule has 3 rings (SSSR count). The quantitative estimate of drug-likeness (QED) is 0.596. The van der Waals surface area contributed by atoms with E-state index in [1.54, 1.807) is 6.07 Å². The molecule has 1 N–H and O–H groups in total. The van der Waals surface area contributed by atoms with Crippen molar-refractivity contribution in [1.82, 2.24) is 15.1 Å². The summed E-state index contributed by atoms with van der Waals surface area (Å²) in [5.74, 6) is -1.65. The Hall–Kier alpha value is -2.79. The van der Waals surface area contributed by atoms with Crippen LogP contribution in [-0.2, 0) is 21.2 Å². The van der Waals surface area contributed by atoms with Crippen LogP contribution in [0, 0.1) is 11.6 Å². The maximum atomic E-state index is 14.3. The number of amides is 1. The first-order valence-electron chi connectivity index (χ1n) is 8.12. The fourth-order valence-electron chi connectivity index (χ4n) is 2.46. The lowest BCUT2D eigenvalue weighted by molar-refractivity contribution is 0.140. The van der Waals surface area contributed by atoms with Crippen molar-refractivity contribution in [2.75, 3.05) is 7.05 Å². The van der Waals surface area contributed by atoms with E-state index in [1.165, 1.54) is 25.2 Å². The first-order chi connectivity index (χ1) is 13.7. The highest BCUT2D eigenvalue weighted by molar-refractivity contribution is 9.10. The first-order valence-corrected chi connectivity index (χ1v) is 10.4. The highest BCUT2D eigenvalue weighted by atomic mass is 79.9. The summed E-state index contributed by atoms with van der Waals surface area (Å²) < 4.78 is 60.5. The summed E-state index contributed by atoms with van der Waals surface area (Å²) >= 11 is 3.20. The highest BCUT2D eigenvalue weighted by Crippen LogP contribution is 2.28. The van der Waals surface area contributed by atoms with Crippen LogP contribution in [0.25, 0.3) is 5.69 Å². The van der Waals surface area contributed by atoms with E-state index in [1.807, 2.05) is 0 Å². The third-order valence-corrected chi connectivity index (χ3v) is 6.01. The predicted molar refractivity (Wildman–Crippen MR) is 102 cm³/mol. The second-order valence-electron chi connectivity index (χ2n) is 5.77. The molecular formula is C18H14BrF2N3O4S. The van der Waals surface area contributed by atoms with Gasteiger partial charge in [0.25, 0.3) is 0 Å². The Bertz CT molecular complexity index is 1180. The average molecular weight is 486 g/mol. The zero-order valence-electron chi connectivity index (χ0n) is 14.9. The second kappa shape index (κ2) is 8.29. The molecule has 7 nitrogen and oxygen atoms in total. The summed E-state index contributed by atoms with van der Waals surface area (Å²) in [4.78, 5) is 11.2. The fraction of sp³-hybridized carbons (Fsp3) is 0.111. The number of nitrogens with one attached hydrogen (secondary N) is 1. The number of benzene rings is 2. The van der Waals surface area contributed by atoms with E-state index in [4.69, 9.17) is 4.74 Å². The third-order valence-electron chi connectivity index (χ3n) is 3.80. The summed E-state index contributed by atoms with van der Waals surface area (Å²) in [5, 5.41) is 5.85. The van der Waals surface area contributed by atoms with Crippen molar-refractivity contribution in [3.8, 4) is 5.69 Å². The van der Waals surface area contributed by atoms with E-state index in [2.05, 4.69) is 26.3 Å². The lowest BCUT2D eigenvalue weighted by Gasteiger charge is -2.10. The average Bonchev–Trinajstić information content (AvgIpc) is 3.13. The van der Waals surface area contributed by atoms with Crippen molar-refractivity contribution in [2.45, 2.75) is 16.5 Å². The van der Waals surface area contributed by atoms with E-state index in [-0.39, 0.29) is 17.2 Å². The number of alkyl carbamates (subject to hydrolysis) is 1. The molecule has 1 amide bonds. The lowest BCUT2D eigenvalue weighted by Crippen LogP contribution is -2.19. The molecule has 0 aliphatic heterocycles. The van der Waals surface area contributed by atoms with Gasteiger partial charge in [-0.15, -0.1) is 0 Å². The Morgan fingerprint density at radius 3 is 2.66 bits per heavy atom. The number of hydrogen-bond donors (Lipinski definition) is 1. The monoisotopic (exact) mass is 485 g/mol. The molecule has 0 atom stereocenters. The van der Waals surface area contributed by atoms with Gasteiger partial charge in [0, 0.05) is 23.7 Å². The molecule has 1 heterocycles. The van der Waals surface area contributed by atoms with Gasteiger partial charge < -0.3 is 10.1 Å². The van der Waals surface area contributed by atoms with Crippen LogP contribution < -0.4 is 5.32 Å². The third kappa shape index (κ3) is 4.46. The molecule has 0 aliphatic rings. The first kappa shape index (κ1) is 20.9. The number of aromatic nitrogens is 2. The molecule has 0 unspecified atom stereocenters. The second-order valence-corrected chi connectivity index (χ2v) is 8.58. The van der Waals surface area contributed by atoms with Crippen LogP contribution in [0.15, 0.2) is 62.9 Å². The summed E-state index contributed by atoms with van der Waals surface area (Å²) in [7, 11) is -2.81. The molecule has 0 spiro atoms. The van der Waals surface area contributed by atoms with Crippen LogP contribution in [0.5, 0.6) is 0 Å². The molecule has 2 aromatic carbocycles. The zero-order chi connectivity index (χ0) is 21.2. The minimum Gasteiger partial charge on any atom is -0.443 e. The molecule has 0 saturated carbocycles. The number of rotatable bonds is 5. The Balaban J connectivity index is 2.17. The van der Waals surface area contributed by atoms with E-state index in [9.17, 15) is 22.0 Å². The van der Waals surface area contributed by atoms with Crippen LogP contribution in [0.1, 0.15) is 5.69 Å². The van der Waals surface area contributed by atoms with Gasteiger partial charge in [-0.25, -0.2) is 26.7 Å². The van der Waals surface area contributed by atoms with Gasteiger partial charge in [0.15, 0.2) is 5.03 Å². The standard InChI is InChI=1S/C18H14BrF2N3O4S/c1-22-18(25)28-10-13-9-17(29(26,27)14-4-2-3-11(19)7-14)24(23-13)16-8-12(20)5-6-15(16)21/h2-9H,10H2,1H3,(H,22,25). The van der Waals surface area contributed by atoms with Gasteiger partial charge in [-0.3, -0.25) is 0 Å². The predicted octanol–water partition coefficient (Wildman–Crippen LogP) is 3.60. The number of sulfone groups is 1. The Morgan fingerprint density at radius 1 is 1.21 bits per heavy atom. The number of carbonyl (C=O) groups is 1. The molecule has 0 saturated heterocycles. The van der Waals surface area contributed by atoms with Crippen molar-refractivity contribution in [1.29, 1.82) is 0 Å². The van der Waals surface area contributed by atoms with Gasteiger partial charge in [0.1, 0.15) is 29.6 Å². The number of halogens is 3. The highest BCUT2D eigenvalue weighted by Gasteiger charge is 2.27. The number of nitrogens with zero attached hydrogens (tertiary/aromatic N) is 2. The molecule has 0 bridgehead atoms. The maximum absolute atomic E-state index is 14.3. The van der Waals surface area contributed by atoms with Gasteiger partial charge in [-0.05, 0) is 30.3 Å². The van der Waals surface area contributed by atoms with Crippen LogP contribution >= 0.6 is 15.9 Å². The van der Waals surface area contributed by atoms with Gasteiger partial charge in [-0.1, -0.05) is 22.0 Å². The van der Waals surface area contributed by atoms with Crippen LogP contribution in [-0.4, -0.2) is 31.3 Å². The van der Waals surface area contributed by atoms with Crippen LogP contribution in [0.2, 0.25) is 0 Å². The van der Waals surface area contributed by atoms with E-state index < -0.39 is 38.3 Å². The van der Waals surface area contributed by atoms with Crippen molar-refractivity contribution in [3.63, 3.8) is 0 Å². The maximum Gasteiger partial charge on any atom is 0.407 e. The van der Waals surface area contributed by atoms with Gasteiger partial charge in [0.2, 0.25) is 9.84 Å².